The van der Waals surface area contributed by atoms with Gasteiger partial charge in [0.05, 0.1) is 11.4 Å². The molecule has 0 unspecified atom stereocenters. The van der Waals surface area contributed by atoms with E-state index in [1.807, 2.05) is 0 Å². The Labute approximate surface area is 227 Å². The van der Waals surface area contributed by atoms with Gasteiger partial charge in [0.15, 0.2) is 0 Å². The number of rotatable bonds is 0. The molecule has 0 spiro atoms. The molecular weight excluding hydrogens is 493 g/mol. The van der Waals surface area contributed by atoms with Crippen molar-refractivity contribution in [2.75, 3.05) is 0 Å². The highest BCUT2D eigenvalue weighted by molar-refractivity contribution is 6.84. The first-order valence-corrected chi connectivity index (χ1v) is 20.3. The molecule has 0 radical (unpaired) electrons. The lowest BCUT2D eigenvalue weighted by Crippen LogP contribution is -2.16. The Morgan fingerprint density at radius 3 is 1.24 bits per heavy atom. The van der Waals surface area contributed by atoms with Crippen LogP contribution in [0.15, 0.2) is 60.7 Å². The summed E-state index contributed by atoms with van der Waals surface area (Å²) in [7, 11) is 1.39. The van der Waals surface area contributed by atoms with Gasteiger partial charge in [-0.3, -0.25) is 0 Å². The van der Waals surface area contributed by atoms with Crippen LogP contribution in [0.5, 0.6) is 0 Å². The Balaban J connectivity index is 1.58. The van der Waals surface area contributed by atoms with Gasteiger partial charge in [-0.1, -0.05) is 75.4 Å². The SMILES string of the molecule is Cn1c(C#C[Si](C)(C)C)cc2cc3ccc4c5cc6c(cc(C#C[Si](C)(C)C)n6C)cc5ccc4c3cc21. The smallest absolute Gasteiger partial charge is 0.129 e. The zero-order valence-electron chi connectivity index (χ0n) is 23.7. The Bertz CT molecular complexity index is 1920. The Kier molecular flexibility index (Phi) is 5.44. The van der Waals surface area contributed by atoms with Gasteiger partial charge in [-0.05, 0) is 68.7 Å². The molecule has 188 valence electrons. The van der Waals surface area contributed by atoms with E-state index in [4.69, 9.17) is 0 Å². The first kappa shape index (κ1) is 24.6. The molecular formula is C34H34N2Si2. The average Bonchev–Trinajstić information content (AvgIpc) is 3.32. The van der Waals surface area contributed by atoms with Crippen LogP contribution in [-0.2, 0) is 14.1 Å². The summed E-state index contributed by atoms with van der Waals surface area (Å²) in [6.45, 7) is 13.7. The Hall–Kier alpha value is -3.71. The molecule has 2 aromatic heterocycles. The maximum absolute atomic E-state index is 3.53. The number of aryl methyl sites for hydroxylation is 2. The summed E-state index contributed by atoms with van der Waals surface area (Å²) in [5.41, 5.74) is 11.7. The van der Waals surface area contributed by atoms with E-state index >= 15 is 0 Å². The van der Waals surface area contributed by atoms with E-state index < -0.39 is 16.1 Å². The van der Waals surface area contributed by atoms with Crippen molar-refractivity contribution in [2.24, 2.45) is 14.1 Å². The third kappa shape index (κ3) is 4.25. The van der Waals surface area contributed by atoms with Crippen LogP contribution in [0.25, 0.3) is 54.1 Å². The molecule has 4 heteroatoms. The van der Waals surface area contributed by atoms with Gasteiger partial charge in [-0.15, -0.1) is 11.1 Å². The molecule has 6 rings (SSSR count). The fraction of sp³-hybridized carbons (Fsp3) is 0.235. The fourth-order valence-electron chi connectivity index (χ4n) is 5.29. The molecule has 4 aromatic carbocycles. The van der Waals surface area contributed by atoms with Crippen molar-refractivity contribution < 1.29 is 0 Å². The molecule has 6 aromatic rings. The van der Waals surface area contributed by atoms with Gasteiger partial charge in [-0.2, -0.15) is 0 Å². The molecule has 0 N–H and O–H groups in total. The molecule has 0 aliphatic heterocycles. The van der Waals surface area contributed by atoms with Crippen molar-refractivity contribution in [2.45, 2.75) is 39.3 Å². The molecule has 0 bridgehead atoms. The maximum atomic E-state index is 3.53. The van der Waals surface area contributed by atoms with Crippen LogP contribution in [-0.4, -0.2) is 25.3 Å². The van der Waals surface area contributed by atoms with E-state index in [9.17, 15) is 0 Å². The molecule has 38 heavy (non-hydrogen) atoms. The second kappa shape index (κ2) is 8.40. The van der Waals surface area contributed by atoms with Crippen LogP contribution < -0.4 is 0 Å². The standard InChI is InChI=1S/C34H34N2Si2/c1-35-27(13-15-37(3,4)5)19-25-17-23-9-12-30-29(31(23)21-33(25)35)11-10-24-18-26-20-28(14-16-38(6,7)8)36(2)34(26)22-32(24)30/h9-12,17-22H,1-8H3. The van der Waals surface area contributed by atoms with E-state index in [0.717, 1.165) is 11.4 Å². The molecule has 0 saturated carbocycles. The zero-order valence-corrected chi connectivity index (χ0v) is 25.7. The molecule has 0 atom stereocenters. The minimum Gasteiger partial charge on any atom is -0.337 e. The molecule has 2 nitrogen and oxygen atoms in total. The van der Waals surface area contributed by atoms with E-state index in [0.29, 0.717) is 0 Å². The van der Waals surface area contributed by atoms with Gasteiger partial charge in [0, 0.05) is 35.9 Å². The third-order valence-corrected chi connectivity index (χ3v) is 9.04. The van der Waals surface area contributed by atoms with Crippen LogP contribution in [0.1, 0.15) is 11.4 Å². The summed E-state index contributed by atoms with van der Waals surface area (Å²) in [5, 5.41) is 10.2. The molecule has 0 aliphatic carbocycles. The summed E-state index contributed by atoms with van der Waals surface area (Å²) in [6.07, 6.45) is 0. The summed E-state index contributed by atoms with van der Waals surface area (Å²) < 4.78 is 4.50. The predicted octanol–water partition coefficient (Wildman–Crippen LogP) is 8.59. The van der Waals surface area contributed by atoms with Gasteiger partial charge in [0.2, 0.25) is 0 Å². The van der Waals surface area contributed by atoms with E-state index in [1.54, 1.807) is 0 Å². The van der Waals surface area contributed by atoms with E-state index in [-0.39, 0.29) is 0 Å². The van der Waals surface area contributed by atoms with Gasteiger partial charge in [-0.25, -0.2) is 0 Å². The first-order valence-electron chi connectivity index (χ1n) is 13.3. The van der Waals surface area contributed by atoms with Crippen LogP contribution in [0.2, 0.25) is 39.3 Å². The second-order valence-electron chi connectivity index (χ2n) is 12.7. The average molecular weight is 527 g/mol. The maximum Gasteiger partial charge on any atom is 0.129 e. The van der Waals surface area contributed by atoms with Crippen molar-refractivity contribution in [1.29, 1.82) is 0 Å². The lowest BCUT2D eigenvalue weighted by atomic mass is 9.95. The van der Waals surface area contributed by atoms with Crippen LogP contribution in [0, 0.1) is 22.9 Å². The van der Waals surface area contributed by atoms with E-state index in [2.05, 4.69) is 146 Å². The number of fused-ring (bicyclic) bond motifs is 7. The highest BCUT2D eigenvalue weighted by atomic mass is 28.3. The summed E-state index contributed by atoms with van der Waals surface area (Å²) >= 11 is 0. The normalized spacial score (nSPS) is 12.3. The van der Waals surface area contributed by atoms with Gasteiger partial charge in [0.25, 0.3) is 0 Å². The highest BCUT2D eigenvalue weighted by Gasteiger charge is 2.13. The summed E-state index contributed by atoms with van der Waals surface area (Å²) in [5.74, 6) is 6.93. The van der Waals surface area contributed by atoms with Gasteiger partial charge < -0.3 is 9.13 Å². The van der Waals surface area contributed by atoms with Crippen molar-refractivity contribution >= 4 is 70.3 Å². The highest BCUT2D eigenvalue weighted by Crippen LogP contribution is 2.36. The molecule has 0 aliphatic rings. The van der Waals surface area contributed by atoms with Gasteiger partial charge in [0.1, 0.15) is 16.1 Å². The number of aromatic nitrogens is 2. The van der Waals surface area contributed by atoms with Crippen molar-refractivity contribution in [1.82, 2.24) is 9.13 Å². The zero-order chi connectivity index (χ0) is 27.0. The second-order valence-corrected chi connectivity index (χ2v) is 22.2. The monoisotopic (exact) mass is 526 g/mol. The van der Waals surface area contributed by atoms with Crippen LogP contribution in [0.3, 0.4) is 0 Å². The number of hydrogen-bond donors (Lipinski definition) is 0. The Morgan fingerprint density at radius 1 is 0.474 bits per heavy atom. The molecule has 2 heterocycles. The number of nitrogens with zero attached hydrogens (tertiary/aromatic N) is 2. The number of benzene rings is 4. The largest absolute Gasteiger partial charge is 0.337 e. The number of hydrogen-bond acceptors (Lipinski definition) is 0. The topological polar surface area (TPSA) is 9.86 Å². The minimum absolute atomic E-state index is 1.09. The predicted molar refractivity (Wildman–Crippen MR) is 172 cm³/mol. The molecule has 0 saturated heterocycles. The van der Waals surface area contributed by atoms with Crippen LogP contribution in [0.4, 0.5) is 0 Å². The molecule has 0 amide bonds. The van der Waals surface area contributed by atoms with Gasteiger partial charge >= 0.3 is 0 Å². The third-order valence-electron chi connectivity index (χ3n) is 7.29. The van der Waals surface area contributed by atoms with Crippen LogP contribution >= 0.6 is 0 Å². The van der Waals surface area contributed by atoms with Crippen molar-refractivity contribution in [3.8, 4) is 22.9 Å². The Morgan fingerprint density at radius 2 is 0.868 bits per heavy atom. The minimum atomic E-state index is -1.44. The van der Waals surface area contributed by atoms with E-state index in [1.165, 1.54) is 54.1 Å². The first-order chi connectivity index (χ1) is 17.9. The molecule has 0 fully saturated rings. The summed E-state index contributed by atoms with van der Waals surface area (Å²) in [6, 6.07) is 22.9. The summed E-state index contributed by atoms with van der Waals surface area (Å²) in [4.78, 5) is 0. The van der Waals surface area contributed by atoms with Crippen molar-refractivity contribution in [3.63, 3.8) is 0 Å². The lowest BCUT2D eigenvalue weighted by molar-refractivity contribution is 0.952. The lowest BCUT2D eigenvalue weighted by Gasteiger charge is -2.10. The quantitative estimate of drug-likeness (QED) is 0.107. The fourth-order valence-corrected chi connectivity index (χ4v) is 6.29. The van der Waals surface area contributed by atoms with Crippen molar-refractivity contribution in [3.05, 3.63) is 72.1 Å².